The van der Waals surface area contributed by atoms with Gasteiger partial charge < -0.3 is 11.1 Å². The third kappa shape index (κ3) is 5.85. The Balaban J connectivity index is 2.36. The molecular weight excluding hydrogens is 224 g/mol. The van der Waals surface area contributed by atoms with Gasteiger partial charge in [-0.1, -0.05) is 39.0 Å². The normalized spacial score (nSPS) is 19.6. The van der Waals surface area contributed by atoms with Gasteiger partial charge in [-0.05, 0) is 32.6 Å². The maximum absolute atomic E-state index is 12.1. The summed E-state index contributed by atoms with van der Waals surface area (Å²) in [5, 5.41) is 3.00. The lowest BCUT2D eigenvalue weighted by Gasteiger charge is -2.26. The molecule has 0 radical (unpaired) electrons. The number of amides is 1. The van der Waals surface area contributed by atoms with Gasteiger partial charge in [0.05, 0.1) is 0 Å². The number of carbonyl (C=O) groups excluding carboxylic acids is 1. The summed E-state index contributed by atoms with van der Waals surface area (Å²) in [4.78, 5) is 12.1. The summed E-state index contributed by atoms with van der Waals surface area (Å²) >= 11 is 0. The largest absolute Gasteiger partial charge is 0.354 e. The van der Waals surface area contributed by atoms with Gasteiger partial charge in [0, 0.05) is 18.0 Å². The van der Waals surface area contributed by atoms with Crippen LogP contribution in [0.5, 0.6) is 0 Å². The van der Waals surface area contributed by atoms with Crippen molar-refractivity contribution in [2.24, 2.45) is 17.6 Å². The zero-order chi connectivity index (χ0) is 13.6. The van der Waals surface area contributed by atoms with Crippen molar-refractivity contribution in [3.8, 4) is 0 Å². The molecule has 0 aromatic carbocycles. The maximum Gasteiger partial charge on any atom is 0.223 e. The zero-order valence-electron chi connectivity index (χ0n) is 12.3. The van der Waals surface area contributed by atoms with Crippen molar-refractivity contribution in [3.05, 3.63) is 0 Å². The second kappa shape index (κ2) is 7.13. The summed E-state index contributed by atoms with van der Waals surface area (Å²) < 4.78 is 0. The lowest BCUT2D eigenvalue weighted by Crippen LogP contribution is -2.46. The Hall–Kier alpha value is -0.570. The first-order chi connectivity index (χ1) is 8.42. The third-order valence-electron chi connectivity index (χ3n) is 3.92. The average molecular weight is 254 g/mol. The summed E-state index contributed by atoms with van der Waals surface area (Å²) in [5.41, 5.74) is 5.57. The summed E-state index contributed by atoms with van der Waals surface area (Å²) in [5.74, 6) is 1.14. The number of hydrogen-bond donors (Lipinski definition) is 2. The Bertz CT molecular complexity index is 252. The van der Waals surface area contributed by atoms with Gasteiger partial charge in [-0.2, -0.15) is 0 Å². The predicted molar refractivity (Wildman–Crippen MR) is 76.2 cm³/mol. The van der Waals surface area contributed by atoms with Crippen LogP contribution in [0.2, 0.25) is 0 Å². The summed E-state index contributed by atoms with van der Waals surface area (Å²) in [7, 11) is 0. The highest BCUT2D eigenvalue weighted by molar-refractivity contribution is 5.78. The molecule has 1 fully saturated rings. The molecule has 1 atom stereocenters. The van der Waals surface area contributed by atoms with Crippen molar-refractivity contribution < 1.29 is 4.79 Å². The van der Waals surface area contributed by atoms with Crippen LogP contribution in [-0.4, -0.2) is 18.0 Å². The van der Waals surface area contributed by atoms with E-state index in [9.17, 15) is 4.79 Å². The molecule has 0 aliphatic heterocycles. The molecular formula is C15H30N2O. The molecule has 1 aliphatic carbocycles. The van der Waals surface area contributed by atoms with Gasteiger partial charge in [0.1, 0.15) is 0 Å². The Morgan fingerprint density at radius 3 is 2.44 bits per heavy atom. The Kier molecular flexibility index (Phi) is 6.13. The van der Waals surface area contributed by atoms with Crippen molar-refractivity contribution in [2.45, 2.75) is 71.3 Å². The Labute approximate surface area is 112 Å². The molecule has 1 aliphatic rings. The van der Waals surface area contributed by atoms with E-state index in [0.717, 1.165) is 18.8 Å². The highest BCUT2D eigenvalue weighted by atomic mass is 16.1. The van der Waals surface area contributed by atoms with Crippen LogP contribution in [-0.2, 0) is 4.79 Å². The fourth-order valence-electron chi connectivity index (χ4n) is 2.74. The molecule has 0 bridgehead atoms. The van der Waals surface area contributed by atoms with Gasteiger partial charge in [-0.15, -0.1) is 0 Å². The van der Waals surface area contributed by atoms with Crippen molar-refractivity contribution in [3.63, 3.8) is 0 Å². The standard InChI is InChI=1S/C15H30N2O/c1-4-13(10-12-8-6-5-7-9-12)14(18)17-11-15(2,3)16/h12-13H,4-11,16H2,1-3H3,(H,17,18). The van der Waals surface area contributed by atoms with Crippen LogP contribution in [0.1, 0.15) is 65.7 Å². The number of hydrogen-bond acceptors (Lipinski definition) is 2. The quantitative estimate of drug-likeness (QED) is 0.766. The van der Waals surface area contributed by atoms with E-state index in [0.29, 0.717) is 6.54 Å². The van der Waals surface area contributed by atoms with Gasteiger partial charge in [-0.3, -0.25) is 4.79 Å². The van der Waals surface area contributed by atoms with Crippen molar-refractivity contribution in [2.75, 3.05) is 6.54 Å². The minimum absolute atomic E-state index is 0.176. The van der Waals surface area contributed by atoms with Gasteiger partial charge in [0.15, 0.2) is 0 Å². The SMILES string of the molecule is CCC(CC1CCCCC1)C(=O)NCC(C)(C)N. The Morgan fingerprint density at radius 1 is 1.33 bits per heavy atom. The molecule has 3 nitrogen and oxygen atoms in total. The second-order valence-electron chi connectivity index (χ2n) is 6.55. The number of rotatable bonds is 6. The maximum atomic E-state index is 12.1. The van der Waals surface area contributed by atoms with E-state index < -0.39 is 0 Å². The van der Waals surface area contributed by atoms with Crippen LogP contribution < -0.4 is 11.1 Å². The number of carbonyl (C=O) groups is 1. The predicted octanol–water partition coefficient (Wildman–Crippen LogP) is 2.84. The van der Waals surface area contributed by atoms with Gasteiger partial charge >= 0.3 is 0 Å². The highest BCUT2D eigenvalue weighted by Gasteiger charge is 2.23. The van der Waals surface area contributed by atoms with Crippen LogP contribution >= 0.6 is 0 Å². The molecule has 0 spiro atoms. The van der Waals surface area contributed by atoms with Crippen LogP contribution in [0.3, 0.4) is 0 Å². The first-order valence-electron chi connectivity index (χ1n) is 7.49. The topological polar surface area (TPSA) is 55.1 Å². The van der Waals surface area contributed by atoms with E-state index >= 15 is 0 Å². The summed E-state index contributed by atoms with van der Waals surface area (Å²) in [6.07, 6.45) is 8.69. The smallest absolute Gasteiger partial charge is 0.223 e. The highest BCUT2D eigenvalue weighted by Crippen LogP contribution is 2.30. The van der Waals surface area contributed by atoms with E-state index in [1.54, 1.807) is 0 Å². The van der Waals surface area contributed by atoms with Crippen LogP contribution in [0, 0.1) is 11.8 Å². The molecule has 1 rings (SSSR count). The molecule has 3 heteroatoms. The van der Waals surface area contributed by atoms with Gasteiger partial charge in [-0.25, -0.2) is 0 Å². The molecule has 3 N–H and O–H groups in total. The first-order valence-corrected chi connectivity index (χ1v) is 7.49. The lowest BCUT2D eigenvalue weighted by molar-refractivity contribution is -0.126. The van der Waals surface area contributed by atoms with Crippen LogP contribution in [0.25, 0.3) is 0 Å². The van der Waals surface area contributed by atoms with E-state index in [4.69, 9.17) is 5.73 Å². The summed E-state index contributed by atoms with van der Waals surface area (Å²) in [6, 6.07) is 0. The zero-order valence-corrected chi connectivity index (χ0v) is 12.3. The van der Waals surface area contributed by atoms with E-state index in [1.165, 1.54) is 32.1 Å². The molecule has 1 amide bonds. The lowest BCUT2D eigenvalue weighted by atomic mass is 9.81. The fraction of sp³-hybridized carbons (Fsp3) is 0.933. The van der Waals surface area contributed by atoms with E-state index in [1.807, 2.05) is 13.8 Å². The minimum Gasteiger partial charge on any atom is -0.354 e. The monoisotopic (exact) mass is 254 g/mol. The van der Waals surface area contributed by atoms with Crippen LogP contribution in [0.4, 0.5) is 0 Å². The molecule has 0 aromatic heterocycles. The van der Waals surface area contributed by atoms with Gasteiger partial charge in [0.2, 0.25) is 5.91 Å². The van der Waals surface area contributed by atoms with Crippen LogP contribution in [0.15, 0.2) is 0 Å². The molecule has 106 valence electrons. The molecule has 1 saturated carbocycles. The van der Waals surface area contributed by atoms with Gasteiger partial charge in [0.25, 0.3) is 0 Å². The van der Waals surface area contributed by atoms with Crippen molar-refractivity contribution >= 4 is 5.91 Å². The molecule has 18 heavy (non-hydrogen) atoms. The minimum atomic E-state index is -0.321. The van der Waals surface area contributed by atoms with E-state index in [-0.39, 0.29) is 17.4 Å². The number of nitrogens with two attached hydrogens (primary N) is 1. The first kappa shape index (κ1) is 15.5. The third-order valence-corrected chi connectivity index (χ3v) is 3.92. The van der Waals surface area contributed by atoms with Crippen molar-refractivity contribution in [1.82, 2.24) is 5.32 Å². The summed E-state index contributed by atoms with van der Waals surface area (Å²) in [6.45, 7) is 6.55. The number of nitrogens with one attached hydrogen (secondary N) is 1. The second-order valence-corrected chi connectivity index (χ2v) is 6.55. The van der Waals surface area contributed by atoms with E-state index in [2.05, 4.69) is 12.2 Å². The molecule has 0 heterocycles. The fourth-order valence-corrected chi connectivity index (χ4v) is 2.74. The molecule has 1 unspecified atom stereocenters. The average Bonchev–Trinajstić information content (AvgIpc) is 2.33. The molecule has 0 aromatic rings. The van der Waals surface area contributed by atoms with Crippen molar-refractivity contribution in [1.29, 1.82) is 0 Å². The molecule has 0 saturated heterocycles. The Morgan fingerprint density at radius 2 is 1.94 bits per heavy atom.